The Morgan fingerprint density at radius 2 is 1.54 bits per heavy atom. The van der Waals surface area contributed by atoms with Crippen LogP contribution in [0.15, 0.2) is 30.3 Å². The lowest BCUT2D eigenvalue weighted by Gasteiger charge is -2.41. The topological polar surface area (TPSA) is 175 Å². The molecule has 1 saturated heterocycles. The van der Waals surface area contributed by atoms with Gasteiger partial charge in [-0.1, -0.05) is 130 Å². The molecule has 0 bridgehead atoms. The number of amides is 5. The molecule has 0 aliphatic carbocycles. The van der Waals surface area contributed by atoms with Crippen LogP contribution in [0, 0.1) is 23.7 Å². The third kappa shape index (κ3) is 16.7. The Kier molecular flexibility index (Phi) is 25.0. The van der Waals surface area contributed by atoms with Crippen LogP contribution in [-0.2, 0) is 44.7 Å². The number of alkyl halides is 2. The number of nitrogens with one attached hydrogen (secondary N) is 2. The van der Waals surface area contributed by atoms with E-state index in [0.717, 1.165) is 36.6 Å². The van der Waals surface area contributed by atoms with Gasteiger partial charge in [-0.3, -0.25) is 24.0 Å². The van der Waals surface area contributed by atoms with Crippen LogP contribution in [0.1, 0.15) is 112 Å². The molecular formula is C47H77Br2N5O9. The Labute approximate surface area is 393 Å². The number of ether oxygens (including phenoxy) is 2. The molecule has 3 N–H and O–H groups in total. The third-order valence-corrected chi connectivity index (χ3v) is 15.1. The number of rotatable bonds is 28. The summed E-state index contributed by atoms with van der Waals surface area (Å²) in [5, 5.41) is 16.5. The number of benzene rings is 1. The van der Waals surface area contributed by atoms with Crippen molar-refractivity contribution >= 4 is 67.4 Å². The summed E-state index contributed by atoms with van der Waals surface area (Å²) in [6, 6.07) is 5.24. The number of methoxy groups -OCH3 is 2. The molecule has 1 aliphatic heterocycles. The van der Waals surface area contributed by atoms with Crippen LogP contribution >= 0.6 is 31.9 Å². The van der Waals surface area contributed by atoms with E-state index in [-0.39, 0.29) is 48.3 Å². The van der Waals surface area contributed by atoms with Crippen molar-refractivity contribution in [3.63, 3.8) is 0 Å². The zero-order valence-corrected chi connectivity index (χ0v) is 42.8. The van der Waals surface area contributed by atoms with E-state index < -0.39 is 66.1 Å². The van der Waals surface area contributed by atoms with Gasteiger partial charge in [-0.15, -0.1) is 0 Å². The fourth-order valence-electron chi connectivity index (χ4n) is 8.78. The zero-order valence-electron chi connectivity index (χ0n) is 39.6. The Hall–Kier alpha value is -3.08. The highest BCUT2D eigenvalue weighted by molar-refractivity contribution is 9.12. The summed E-state index contributed by atoms with van der Waals surface area (Å²) in [4.78, 5) is 87.2. The molecular weight excluding hydrogens is 938 g/mol. The Morgan fingerprint density at radius 3 is 2.08 bits per heavy atom. The van der Waals surface area contributed by atoms with Crippen molar-refractivity contribution in [2.75, 3.05) is 40.2 Å². The molecule has 0 radical (unpaired) electrons. The minimum absolute atomic E-state index is 0.0525. The fraction of sp³-hybridized carbons (Fsp3) is 0.745. The van der Waals surface area contributed by atoms with Crippen LogP contribution in [0.2, 0.25) is 0 Å². The maximum Gasteiger partial charge on any atom is 0.326 e. The average molecular weight is 1020 g/mol. The van der Waals surface area contributed by atoms with E-state index in [9.17, 15) is 33.9 Å². The predicted octanol–water partition coefficient (Wildman–Crippen LogP) is 6.45. The minimum Gasteiger partial charge on any atom is -0.480 e. The minimum atomic E-state index is -1.15. The molecule has 358 valence electrons. The highest BCUT2D eigenvalue weighted by Gasteiger charge is 2.43. The maximum atomic E-state index is 14.5. The highest BCUT2D eigenvalue weighted by atomic mass is 79.9. The third-order valence-electron chi connectivity index (χ3n) is 12.7. The monoisotopic (exact) mass is 1010 g/mol. The smallest absolute Gasteiger partial charge is 0.326 e. The normalized spacial score (nSPS) is 18.4. The molecule has 1 heterocycles. The molecule has 1 aliphatic rings. The van der Waals surface area contributed by atoms with Gasteiger partial charge in [0.15, 0.2) is 0 Å². The first-order valence-electron chi connectivity index (χ1n) is 22.7. The molecule has 63 heavy (non-hydrogen) atoms. The number of hydrogen-bond donors (Lipinski definition) is 3. The molecule has 10 unspecified atom stereocenters. The van der Waals surface area contributed by atoms with E-state index in [1.54, 1.807) is 30.8 Å². The molecule has 10 atom stereocenters. The molecule has 0 saturated carbocycles. The lowest BCUT2D eigenvalue weighted by Crippen LogP contribution is -2.60. The highest BCUT2D eigenvalue weighted by Crippen LogP contribution is 2.30. The van der Waals surface area contributed by atoms with E-state index in [1.807, 2.05) is 71.9 Å². The number of carbonyl (C=O) groups is 6. The molecule has 16 heteroatoms. The SMILES string of the molecule is CCC(C)C(C(CC(=O)N1CCCC1C(OC)C(C)C(=O)NC(Cc1ccccc1)C(=O)O)OC)N(C)C(=O)C(NC(=O)C(C(C)C)N(C)C(=O)CCCCCC(Br)CBr)C(C)C. The van der Waals surface area contributed by atoms with Crippen molar-refractivity contribution in [3.8, 4) is 0 Å². The summed E-state index contributed by atoms with van der Waals surface area (Å²) in [7, 11) is 6.35. The quantitative estimate of drug-likeness (QED) is 0.0630. The van der Waals surface area contributed by atoms with Crippen LogP contribution < -0.4 is 10.6 Å². The largest absolute Gasteiger partial charge is 0.480 e. The van der Waals surface area contributed by atoms with Crippen LogP contribution in [0.5, 0.6) is 0 Å². The standard InChI is InChI=1S/C47H77Br2N5O9/c1-12-31(6)42(53(9)46(59)40(29(2)3)51-45(58)41(30(4)5)52(8)38(55)24-18-14-17-22-34(49)28-48)37(62-10)27-39(56)54-25-19-23-36(54)43(63-11)32(7)44(57)50-35(47(60)61)26-33-20-15-13-16-21-33/h13,15-16,20-21,29-32,34-37,40-43H,12,14,17-19,22-28H2,1-11H3,(H,50,57)(H,51,58)(H,60,61). The van der Waals surface area contributed by atoms with Crippen molar-refractivity contribution in [2.45, 2.75) is 160 Å². The first kappa shape index (κ1) is 56.1. The van der Waals surface area contributed by atoms with Crippen LogP contribution in [0.25, 0.3) is 0 Å². The fourth-order valence-corrected chi connectivity index (χ4v) is 9.43. The molecule has 14 nitrogen and oxygen atoms in total. The lowest BCUT2D eigenvalue weighted by atomic mass is 9.89. The number of carboxylic acids is 1. The maximum absolute atomic E-state index is 14.5. The predicted molar refractivity (Wildman–Crippen MR) is 254 cm³/mol. The van der Waals surface area contributed by atoms with Crippen molar-refractivity contribution in [3.05, 3.63) is 35.9 Å². The second kappa shape index (κ2) is 28.1. The number of likely N-dealkylation sites (N-methyl/N-ethyl adjacent to an activating group) is 2. The molecule has 0 spiro atoms. The van der Waals surface area contributed by atoms with Gasteiger partial charge in [-0.05, 0) is 49.0 Å². The van der Waals surface area contributed by atoms with Crippen molar-refractivity contribution in [2.24, 2.45) is 23.7 Å². The second-order valence-corrected chi connectivity index (χ2v) is 19.9. The van der Waals surface area contributed by atoms with Gasteiger partial charge in [0.1, 0.15) is 18.1 Å². The molecule has 1 aromatic rings. The number of likely N-dealkylation sites (tertiary alicyclic amines) is 1. The Morgan fingerprint density at radius 1 is 0.889 bits per heavy atom. The summed E-state index contributed by atoms with van der Waals surface area (Å²) < 4.78 is 11.9. The van der Waals surface area contributed by atoms with Crippen LogP contribution in [0.3, 0.4) is 0 Å². The summed E-state index contributed by atoms with van der Waals surface area (Å²) in [6.07, 6.45) is 4.55. The summed E-state index contributed by atoms with van der Waals surface area (Å²) in [5.74, 6) is -4.08. The molecule has 0 aromatic heterocycles. The Balaban J connectivity index is 2.24. The van der Waals surface area contributed by atoms with E-state index in [4.69, 9.17) is 9.47 Å². The van der Waals surface area contributed by atoms with E-state index >= 15 is 0 Å². The number of carboxylic acid groups (broad SMARTS) is 1. The van der Waals surface area contributed by atoms with Gasteiger partial charge in [0.25, 0.3) is 0 Å². The number of nitrogens with zero attached hydrogens (tertiary/aromatic N) is 3. The lowest BCUT2D eigenvalue weighted by molar-refractivity contribution is -0.149. The van der Waals surface area contributed by atoms with Gasteiger partial charge in [-0.25, -0.2) is 4.79 Å². The number of carbonyl (C=O) groups excluding carboxylic acids is 5. The van der Waals surface area contributed by atoms with Gasteiger partial charge in [0, 0.05) is 57.9 Å². The first-order valence-corrected chi connectivity index (χ1v) is 24.7. The first-order chi connectivity index (χ1) is 29.7. The molecule has 1 fully saturated rings. The average Bonchev–Trinajstić information content (AvgIpc) is 3.74. The second-order valence-electron chi connectivity index (χ2n) is 18.0. The molecule has 1 aromatic carbocycles. The van der Waals surface area contributed by atoms with Gasteiger partial charge in [0.05, 0.1) is 36.6 Å². The van der Waals surface area contributed by atoms with Gasteiger partial charge >= 0.3 is 5.97 Å². The summed E-state index contributed by atoms with van der Waals surface area (Å²) >= 11 is 7.09. The van der Waals surface area contributed by atoms with E-state index in [0.29, 0.717) is 37.1 Å². The van der Waals surface area contributed by atoms with E-state index in [2.05, 4.69) is 42.5 Å². The number of unbranched alkanes of at least 4 members (excludes halogenated alkanes) is 2. The molecule has 5 amide bonds. The van der Waals surface area contributed by atoms with E-state index in [1.165, 1.54) is 19.1 Å². The van der Waals surface area contributed by atoms with Crippen molar-refractivity contribution < 1.29 is 43.3 Å². The molecule has 2 rings (SSSR count). The van der Waals surface area contributed by atoms with Gasteiger partial charge in [-0.2, -0.15) is 0 Å². The summed E-state index contributed by atoms with van der Waals surface area (Å²) in [5.41, 5.74) is 0.774. The zero-order chi connectivity index (χ0) is 47.6. The Bertz CT molecular complexity index is 1600. The summed E-state index contributed by atoms with van der Waals surface area (Å²) in [6.45, 7) is 13.6. The number of aliphatic carboxylic acids is 1. The van der Waals surface area contributed by atoms with Crippen molar-refractivity contribution in [1.29, 1.82) is 0 Å². The number of hydrogen-bond acceptors (Lipinski definition) is 8. The van der Waals surface area contributed by atoms with Gasteiger partial charge in [0.2, 0.25) is 29.5 Å². The van der Waals surface area contributed by atoms with Crippen LogP contribution in [0.4, 0.5) is 0 Å². The van der Waals surface area contributed by atoms with Crippen LogP contribution in [-0.4, -0.2) is 143 Å². The number of halogens is 2. The van der Waals surface area contributed by atoms with Gasteiger partial charge < -0.3 is 39.9 Å². The van der Waals surface area contributed by atoms with Crippen molar-refractivity contribution in [1.82, 2.24) is 25.3 Å².